The molecule has 0 saturated heterocycles. The SMILES string of the molecule is COC(=O)c1cc(N)c(O)c(OC)c1. The van der Waals surface area contributed by atoms with Crippen molar-refractivity contribution in [2.45, 2.75) is 0 Å². The Morgan fingerprint density at radius 1 is 1.43 bits per heavy atom. The zero-order valence-corrected chi connectivity index (χ0v) is 7.90. The van der Waals surface area contributed by atoms with Crippen molar-refractivity contribution in [3.05, 3.63) is 17.7 Å². The molecular weight excluding hydrogens is 186 g/mol. The van der Waals surface area contributed by atoms with Crippen LogP contribution in [-0.2, 0) is 4.74 Å². The van der Waals surface area contributed by atoms with Gasteiger partial charge in [-0.15, -0.1) is 0 Å². The second-order valence-electron chi connectivity index (χ2n) is 2.61. The fourth-order valence-corrected chi connectivity index (χ4v) is 1.02. The van der Waals surface area contributed by atoms with Crippen LogP contribution in [0.2, 0.25) is 0 Å². The van der Waals surface area contributed by atoms with Crippen LogP contribution in [0, 0.1) is 0 Å². The predicted octanol–water partition coefficient (Wildman–Crippen LogP) is 0.770. The van der Waals surface area contributed by atoms with Gasteiger partial charge in [-0.25, -0.2) is 4.79 Å². The molecule has 1 rings (SSSR count). The molecule has 0 spiro atoms. The minimum atomic E-state index is -0.532. The van der Waals surface area contributed by atoms with Gasteiger partial charge in [-0.1, -0.05) is 0 Å². The molecule has 0 saturated carbocycles. The number of hydrogen-bond acceptors (Lipinski definition) is 5. The summed E-state index contributed by atoms with van der Waals surface area (Å²) in [6, 6.07) is 2.68. The first-order valence-electron chi connectivity index (χ1n) is 3.85. The maximum absolute atomic E-state index is 11.1. The number of benzene rings is 1. The predicted molar refractivity (Wildman–Crippen MR) is 50.4 cm³/mol. The Hall–Kier alpha value is -1.91. The van der Waals surface area contributed by atoms with Crippen molar-refractivity contribution in [2.75, 3.05) is 20.0 Å². The lowest BCUT2D eigenvalue weighted by molar-refractivity contribution is 0.0600. The first-order chi connectivity index (χ1) is 6.60. The molecule has 0 fully saturated rings. The summed E-state index contributed by atoms with van der Waals surface area (Å²) >= 11 is 0. The molecular formula is C9H11NO4. The lowest BCUT2D eigenvalue weighted by Gasteiger charge is -2.07. The van der Waals surface area contributed by atoms with Gasteiger partial charge in [0.1, 0.15) is 0 Å². The Balaban J connectivity index is 3.22. The molecule has 5 nitrogen and oxygen atoms in total. The zero-order chi connectivity index (χ0) is 10.7. The summed E-state index contributed by atoms with van der Waals surface area (Å²) in [6.07, 6.45) is 0. The van der Waals surface area contributed by atoms with E-state index in [1.54, 1.807) is 0 Å². The Morgan fingerprint density at radius 2 is 2.07 bits per heavy atom. The molecule has 1 aromatic carbocycles. The number of aromatic hydroxyl groups is 1. The minimum Gasteiger partial charge on any atom is -0.503 e. The highest BCUT2D eigenvalue weighted by molar-refractivity contribution is 5.91. The Bertz CT molecular complexity index is 362. The lowest BCUT2D eigenvalue weighted by atomic mass is 10.1. The highest BCUT2D eigenvalue weighted by atomic mass is 16.5. The maximum atomic E-state index is 11.1. The molecule has 5 heteroatoms. The number of phenolic OH excluding ortho intramolecular Hbond substituents is 1. The number of anilines is 1. The van der Waals surface area contributed by atoms with Gasteiger partial charge >= 0.3 is 5.97 Å². The van der Waals surface area contributed by atoms with Crippen LogP contribution in [0.5, 0.6) is 11.5 Å². The highest BCUT2D eigenvalue weighted by Gasteiger charge is 2.13. The molecule has 76 valence electrons. The molecule has 0 radical (unpaired) electrons. The fourth-order valence-electron chi connectivity index (χ4n) is 1.02. The van der Waals surface area contributed by atoms with Crippen LogP contribution in [-0.4, -0.2) is 25.3 Å². The van der Waals surface area contributed by atoms with Gasteiger partial charge in [-0.2, -0.15) is 0 Å². The maximum Gasteiger partial charge on any atom is 0.338 e. The van der Waals surface area contributed by atoms with E-state index in [1.165, 1.54) is 26.4 Å². The molecule has 0 atom stereocenters. The van der Waals surface area contributed by atoms with Crippen molar-refractivity contribution >= 4 is 11.7 Å². The third kappa shape index (κ3) is 1.71. The van der Waals surface area contributed by atoms with Gasteiger partial charge in [-0.05, 0) is 12.1 Å². The number of carbonyl (C=O) groups is 1. The van der Waals surface area contributed by atoms with Gasteiger partial charge < -0.3 is 20.3 Å². The smallest absolute Gasteiger partial charge is 0.338 e. The third-order valence-electron chi connectivity index (χ3n) is 1.75. The molecule has 0 bridgehead atoms. The van der Waals surface area contributed by atoms with Gasteiger partial charge in [0.25, 0.3) is 0 Å². The number of methoxy groups -OCH3 is 2. The zero-order valence-electron chi connectivity index (χ0n) is 7.90. The van der Waals surface area contributed by atoms with E-state index in [4.69, 9.17) is 10.5 Å². The molecule has 0 aliphatic rings. The minimum absolute atomic E-state index is 0.0738. The van der Waals surface area contributed by atoms with Gasteiger partial charge in [0.2, 0.25) is 0 Å². The average Bonchev–Trinajstić information content (AvgIpc) is 2.20. The largest absolute Gasteiger partial charge is 0.503 e. The van der Waals surface area contributed by atoms with Crippen LogP contribution < -0.4 is 10.5 Å². The number of rotatable bonds is 2. The van der Waals surface area contributed by atoms with Gasteiger partial charge in [0.05, 0.1) is 25.5 Å². The summed E-state index contributed by atoms with van der Waals surface area (Å²) in [7, 11) is 2.63. The van der Waals surface area contributed by atoms with Crippen molar-refractivity contribution in [1.29, 1.82) is 0 Å². The van der Waals surface area contributed by atoms with Gasteiger partial charge in [0.15, 0.2) is 11.5 Å². The van der Waals surface area contributed by atoms with Crippen LogP contribution in [0.3, 0.4) is 0 Å². The molecule has 0 heterocycles. The van der Waals surface area contributed by atoms with Gasteiger partial charge in [-0.3, -0.25) is 0 Å². The van der Waals surface area contributed by atoms with Crippen molar-refractivity contribution in [2.24, 2.45) is 0 Å². The molecule has 1 aromatic rings. The summed E-state index contributed by atoms with van der Waals surface area (Å²) < 4.78 is 9.32. The van der Waals surface area contributed by atoms with Crippen molar-refractivity contribution in [1.82, 2.24) is 0 Å². The monoisotopic (exact) mass is 197 g/mol. The number of esters is 1. The Kier molecular flexibility index (Phi) is 2.81. The lowest BCUT2D eigenvalue weighted by Crippen LogP contribution is -2.03. The summed E-state index contributed by atoms with van der Waals surface area (Å²) in [5.41, 5.74) is 5.76. The molecule has 0 unspecified atom stereocenters. The van der Waals surface area contributed by atoms with Crippen LogP contribution in [0.25, 0.3) is 0 Å². The second kappa shape index (κ2) is 3.87. The number of hydrogen-bond donors (Lipinski definition) is 2. The molecule has 0 amide bonds. The second-order valence-corrected chi connectivity index (χ2v) is 2.61. The topological polar surface area (TPSA) is 81.8 Å². The van der Waals surface area contributed by atoms with E-state index in [0.717, 1.165) is 0 Å². The molecule has 3 N–H and O–H groups in total. The number of nitrogens with two attached hydrogens (primary N) is 1. The fraction of sp³-hybridized carbons (Fsp3) is 0.222. The number of carbonyl (C=O) groups excluding carboxylic acids is 1. The molecule has 0 aromatic heterocycles. The van der Waals surface area contributed by atoms with Crippen LogP contribution in [0.4, 0.5) is 5.69 Å². The van der Waals surface area contributed by atoms with E-state index < -0.39 is 5.97 Å². The first-order valence-corrected chi connectivity index (χ1v) is 3.85. The number of nitrogen functional groups attached to an aromatic ring is 1. The van der Waals surface area contributed by atoms with Crippen molar-refractivity contribution in [3.8, 4) is 11.5 Å². The van der Waals surface area contributed by atoms with Gasteiger partial charge in [0, 0.05) is 0 Å². The molecule has 0 aliphatic carbocycles. The van der Waals surface area contributed by atoms with E-state index >= 15 is 0 Å². The quantitative estimate of drug-likeness (QED) is 0.415. The van der Waals surface area contributed by atoms with Crippen LogP contribution in [0.15, 0.2) is 12.1 Å². The Labute approximate surface area is 81.0 Å². The molecule has 14 heavy (non-hydrogen) atoms. The number of ether oxygens (including phenoxy) is 2. The Morgan fingerprint density at radius 3 is 2.57 bits per heavy atom. The van der Waals surface area contributed by atoms with Crippen LogP contribution >= 0.6 is 0 Å². The standard InChI is InChI=1S/C9H11NO4/c1-13-7-4-5(9(12)14-2)3-6(10)8(7)11/h3-4,11H,10H2,1-2H3. The van der Waals surface area contributed by atoms with Crippen molar-refractivity contribution in [3.63, 3.8) is 0 Å². The molecule has 0 aliphatic heterocycles. The average molecular weight is 197 g/mol. The summed E-state index contributed by atoms with van der Waals surface area (Å²) in [4.78, 5) is 11.1. The van der Waals surface area contributed by atoms with E-state index in [2.05, 4.69) is 4.74 Å². The van der Waals surface area contributed by atoms with Crippen LogP contribution in [0.1, 0.15) is 10.4 Å². The van der Waals surface area contributed by atoms with E-state index in [-0.39, 0.29) is 22.7 Å². The van der Waals surface area contributed by atoms with E-state index in [1.807, 2.05) is 0 Å². The summed E-state index contributed by atoms with van der Waals surface area (Å²) in [6.45, 7) is 0. The summed E-state index contributed by atoms with van der Waals surface area (Å²) in [5.74, 6) is -0.569. The van der Waals surface area contributed by atoms with E-state index in [0.29, 0.717) is 0 Å². The highest BCUT2D eigenvalue weighted by Crippen LogP contribution is 2.33. The first kappa shape index (κ1) is 10.2. The van der Waals surface area contributed by atoms with Crippen molar-refractivity contribution < 1.29 is 19.4 Å². The summed E-state index contributed by atoms with van der Waals surface area (Å²) in [5, 5.41) is 9.37. The van der Waals surface area contributed by atoms with E-state index in [9.17, 15) is 9.90 Å². The normalized spacial score (nSPS) is 9.57. The number of phenols is 1. The third-order valence-corrected chi connectivity index (χ3v) is 1.75.